The fourth-order valence-electron chi connectivity index (χ4n) is 4.35. The zero-order chi connectivity index (χ0) is 19.3. The summed E-state index contributed by atoms with van der Waals surface area (Å²) < 4.78 is 7.03. The van der Waals surface area contributed by atoms with Crippen LogP contribution in [0.5, 0.6) is 0 Å². The molecular formula is C24H32O2Si. The summed E-state index contributed by atoms with van der Waals surface area (Å²) in [5, 5.41) is 12.4. The highest BCUT2D eigenvalue weighted by Gasteiger charge is 2.50. The molecule has 3 rings (SSSR count). The molecule has 0 fully saturated rings. The molecule has 0 bridgehead atoms. The minimum absolute atomic E-state index is 0.00504. The maximum absolute atomic E-state index is 9.81. The second-order valence-corrected chi connectivity index (χ2v) is 12.9. The van der Waals surface area contributed by atoms with Gasteiger partial charge in [-0.2, -0.15) is 0 Å². The first kappa shape index (κ1) is 20.1. The highest BCUT2D eigenvalue weighted by molar-refractivity contribution is 6.99. The molecule has 3 heteroatoms. The molecule has 0 radical (unpaired) electrons. The van der Waals surface area contributed by atoms with E-state index < -0.39 is 8.32 Å². The minimum atomic E-state index is -2.48. The molecule has 144 valence electrons. The number of aliphatic hydroxyl groups excluding tert-OH is 1. The van der Waals surface area contributed by atoms with E-state index in [1.807, 2.05) is 0 Å². The molecule has 0 spiro atoms. The quantitative estimate of drug-likeness (QED) is 0.603. The first-order chi connectivity index (χ1) is 13.0. The van der Waals surface area contributed by atoms with Crippen molar-refractivity contribution >= 4 is 18.7 Å². The van der Waals surface area contributed by atoms with Gasteiger partial charge in [0.25, 0.3) is 8.32 Å². The largest absolute Gasteiger partial charge is 0.407 e. The van der Waals surface area contributed by atoms with Crippen molar-refractivity contribution in [2.75, 3.05) is 13.2 Å². The molecule has 0 amide bonds. The van der Waals surface area contributed by atoms with Crippen molar-refractivity contribution < 1.29 is 9.53 Å². The van der Waals surface area contributed by atoms with Gasteiger partial charge in [0.2, 0.25) is 0 Å². The topological polar surface area (TPSA) is 29.5 Å². The van der Waals surface area contributed by atoms with Crippen LogP contribution in [0.15, 0.2) is 72.8 Å². The molecule has 27 heavy (non-hydrogen) atoms. The third-order valence-electron chi connectivity index (χ3n) is 5.88. The summed E-state index contributed by atoms with van der Waals surface area (Å²) in [6.45, 7) is 7.86. The predicted molar refractivity (Wildman–Crippen MR) is 116 cm³/mol. The molecule has 0 unspecified atom stereocenters. The molecule has 0 aromatic heterocycles. The Labute approximate surface area is 165 Å². The van der Waals surface area contributed by atoms with Crippen LogP contribution in [0.25, 0.3) is 0 Å². The third-order valence-corrected chi connectivity index (χ3v) is 10.9. The summed E-state index contributed by atoms with van der Waals surface area (Å²) in [5.41, 5.74) is 0. The van der Waals surface area contributed by atoms with Crippen molar-refractivity contribution in [3.63, 3.8) is 0 Å². The lowest BCUT2D eigenvalue weighted by Crippen LogP contribution is -2.67. The van der Waals surface area contributed by atoms with Crippen LogP contribution in [0.2, 0.25) is 5.04 Å². The summed E-state index contributed by atoms with van der Waals surface area (Å²) in [6, 6.07) is 21.6. The van der Waals surface area contributed by atoms with Gasteiger partial charge in [0.05, 0.1) is 0 Å². The smallest absolute Gasteiger partial charge is 0.261 e. The average molecular weight is 381 g/mol. The fraction of sp³-hybridized carbons (Fsp3) is 0.417. The molecule has 2 nitrogen and oxygen atoms in total. The van der Waals surface area contributed by atoms with E-state index in [-0.39, 0.29) is 11.6 Å². The van der Waals surface area contributed by atoms with Crippen molar-refractivity contribution in [3.05, 3.63) is 72.8 Å². The second-order valence-electron chi connectivity index (χ2n) is 8.62. The normalized spacial score (nSPS) is 20.6. The van der Waals surface area contributed by atoms with Gasteiger partial charge in [-0.3, -0.25) is 0 Å². The summed E-state index contributed by atoms with van der Waals surface area (Å²) in [6.07, 6.45) is 6.38. The molecule has 2 aromatic rings. The van der Waals surface area contributed by atoms with Gasteiger partial charge in [0, 0.05) is 13.2 Å². The van der Waals surface area contributed by atoms with E-state index in [4.69, 9.17) is 4.43 Å². The van der Waals surface area contributed by atoms with Crippen LogP contribution in [0.4, 0.5) is 0 Å². The van der Waals surface area contributed by atoms with Crippen LogP contribution in [0.1, 0.15) is 33.6 Å². The van der Waals surface area contributed by atoms with Gasteiger partial charge in [-0.05, 0) is 40.1 Å². The van der Waals surface area contributed by atoms with Gasteiger partial charge in [0.1, 0.15) is 0 Å². The third kappa shape index (κ3) is 4.10. The standard InChI is InChI=1S/C24H32O2Si/c1-24(2,3)27(22-14-6-4-7-15-22,23-16-8-5-9-17-23)26-19-21-13-11-10-12-20(21)18-25/h4-11,14-17,20-21,25H,12-13,18-19H2,1-3H3/t20-,21+/m0/s1. The van der Waals surface area contributed by atoms with Crippen LogP contribution in [-0.2, 0) is 4.43 Å². The Morgan fingerprint density at radius 2 is 1.33 bits per heavy atom. The maximum atomic E-state index is 9.81. The van der Waals surface area contributed by atoms with Crippen molar-refractivity contribution in [2.24, 2.45) is 11.8 Å². The first-order valence-corrected chi connectivity index (χ1v) is 11.9. The molecule has 0 saturated heterocycles. The summed E-state index contributed by atoms with van der Waals surface area (Å²) in [5.74, 6) is 0.676. The lowest BCUT2D eigenvalue weighted by atomic mass is 9.84. The molecule has 0 saturated carbocycles. The van der Waals surface area contributed by atoms with Crippen molar-refractivity contribution in [3.8, 4) is 0 Å². The van der Waals surface area contributed by atoms with Gasteiger partial charge in [-0.25, -0.2) is 0 Å². The number of rotatable bonds is 6. The molecule has 1 aliphatic rings. The van der Waals surface area contributed by atoms with Crippen LogP contribution in [0, 0.1) is 11.8 Å². The SMILES string of the molecule is CC(C)(C)[Si](OC[C@H]1CC=CC[C@H]1CO)(c1ccccc1)c1ccccc1. The van der Waals surface area contributed by atoms with Gasteiger partial charge >= 0.3 is 0 Å². The Kier molecular flexibility index (Phi) is 6.35. The lowest BCUT2D eigenvalue weighted by molar-refractivity contribution is 0.123. The Balaban J connectivity index is 2.03. The predicted octanol–water partition coefficient (Wildman–Crippen LogP) is 4.14. The highest BCUT2D eigenvalue weighted by Crippen LogP contribution is 2.38. The van der Waals surface area contributed by atoms with E-state index in [2.05, 4.69) is 93.6 Å². The van der Waals surface area contributed by atoms with Gasteiger partial charge < -0.3 is 9.53 Å². The first-order valence-electron chi connectivity index (χ1n) is 10.00. The second kappa shape index (κ2) is 8.55. The Bertz CT molecular complexity index is 694. The zero-order valence-electron chi connectivity index (χ0n) is 16.8. The van der Waals surface area contributed by atoms with E-state index in [0.29, 0.717) is 18.4 Å². The Hall–Kier alpha value is -1.68. The monoisotopic (exact) mass is 380 g/mol. The van der Waals surface area contributed by atoms with Gasteiger partial charge in [-0.1, -0.05) is 93.6 Å². The fourth-order valence-corrected chi connectivity index (χ4v) is 8.97. The Morgan fingerprint density at radius 3 is 1.78 bits per heavy atom. The van der Waals surface area contributed by atoms with Crippen LogP contribution < -0.4 is 10.4 Å². The summed E-state index contributed by atoms with van der Waals surface area (Å²) >= 11 is 0. The molecule has 0 heterocycles. The Morgan fingerprint density at radius 1 is 0.852 bits per heavy atom. The number of allylic oxidation sites excluding steroid dienone is 2. The minimum Gasteiger partial charge on any atom is -0.407 e. The number of hydrogen-bond donors (Lipinski definition) is 1. The summed E-state index contributed by atoms with van der Waals surface area (Å²) in [7, 11) is -2.48. The average Bonchev–Trinajstić information content (AvgIpc) is 2.69. The van der Waals surface area contributed by atoms with Gasteiger partial charge in [-0.15, -0.1) is 0 Å². The van der Waals surface area contributed by atoms with E-state index >= 15 is 0 Å². The number of aliphatic hydroxyl groups is 1. The highest BCUT2D eigenvalue weighted by atomic mass is 28.4. The number of hydrogen-bond acceptors (Lipinski definition) is 2. The zero-order valence-corrected chi connectivity index (χ0v) is 17.8. The molecule has 0 aliphatic heterocycles. The summed E-state index contributed by atoms with van der Waals surface area (Å²) in [4.78, 5) is 0. The van der Waals surface area contributed by atoms with Crippen molar-refractivity contribution in [1.82, 2.24) is 0 Å². The van der Waals surface area contributed by atoms with E-state index in [9.17, 15) is 5.11 Å². The molecule has 2 aromatic carbocycles. The van der Waals surface area contributed by atoms with E-state index in [1.165, 1.54) is 10.4 Å². The van der Waals surface area contributed by atoms with Crippen molar-refractivity contribution in [1.29, 1.82) is 0 Å². The van der Waals surface area contributed by atoms with Crippen LogP contribution >= 0.6 is 0 Å². The molecule has 1 N–H and O–H groups in total. The van der Waals surface area contributed by atoms with Crippen molar-refractivity contribution in [2.45, 2.75) is 38.7 Å². The van der Waals surface area contributed by atoms with E-state index in [0.717, 1.165) is 12.8 Å². The molecular weight excluding hydrogens is 348 g/mol. The lowest BCUT2D eigenvalue weighted by Gasteiger charge is -2.44. The van der Waals surface area contributed by atoms with Crippen LogP contribution in [0.3, 0.4) is 0 Å². The maximum Gasteiger partial charge on any atom is 0.261 e. The van der Waals surface area contributed by atoms with Gasteiger partial charge in [0.15, 0.2) is 0 Å². The molecule has 1 aliphatic carbocycles. The molecule has 2 atom stereocenters. The van der Waals surface area contributed by atoms with Crippen LogP contribution in [-0.4, -0.2) is 26.6 Å². The number of benzene rings is 2. The van der Waals surface area contributed by atoms with E-state index in [1.54, 1.807) is 0 Å².